The van der Waals surface area contributed by atoms with Crippen molar-refractivity contribution < 1.29 is 8.42 Å². The summed E-state index contributed by atoms with van der Waals surface area (Å²) in [5, 5.41) is 1.92. The van der Waals surface area contributed by atoms with E-state index in [1.54, 1.807) is 26.0 Å². The van der Waals surface area contributed by atoms with E-state index in [0.29, 0.717) is 23.4 Å². The van der Waals surface area contributed by atoms with E-state index in [2.05, 4.69) is 4.72 Å². The molecule has 0 aliphatic rings. The maximum atomic E-state index is 12.4. The van der Waals surface area contributed by atoms with Gasteiger partial charge in [0.2, 0.25) is 10.0 Å². The largest absolute Gasteiger partial charge is 0.398 e. The maximum Gasteiger partial charge on any atom is 0.241 e. The fourth-order valence-electron chi connectivity index (χ4n) is 1.91. The van der Waals surface area contributed by atoms with E-state index < -0.39 is 10.0 Å². The minimum absolute atomic E-state index is 0.282. The molecule has 3 N–H and O–H groups in total. The molecule has 0 radical (unpaired) electrons. The summed E-state index contributed by atoms with van der Waals surface area (Å²) < 4.78 is 27.3. The van der Waals surface area contributed by atoms with E-state index in [1.807, 2.05) is 17.5 Å². The van der Waals surface area contributed by atoms with E-state index in [-0.39, 0.29) is 4.90 Å². The van der Waals surface area contributed by atoms with Crippen molar-refractivity contribution in [3.8, 4) is 0 Å². The van der Waals surface area contributed by atoms with Crippen LogP contribution in [0.4, 0.5) is 5.69 Å². The molecule has 0 atom stereocenters. The molecule has 2 rings (SSSR count). The summed E-state index contributed by atoms with van der Waals surface area (Å²) in [6.45, 7) is 3.79. The van der Waals surface area contributed by atoms with Crippen LogP contribution in [-0.4, -0.2) is 8.42 Å². The second kappa shape index (κ2) is 5.32. The topological polar surface area (TPSA) is 72.2 Å². The fourth-order valence-corrected chi connectivity index (χ4v) is 4.15. The molecule has 102 valence electrons. The lowest BCUT2D eigenvalue weighted by Gasteiger charge is -2.13. The van der Waals surface area contributed by atoms with Crippen molar-refractivity contribution in [3.63, 3.8) is 0 Å². The number of nitrogen functional groups attached to an aromatic ring is 1. The van der Waals surface area contributed by atoms with Crippen molar-refractivity contribution in [1.82, 2.24) is 4.72 Å². The lowest BCUT2D eigenvalue weighted by Crippen LogP contribution is -2.24. The van der Waals surface area contributed by atoms with Crippen LogP contribution in [0.1, 0.15) is 16.0 Å². The number of sulfonamides is 1. The Morgan fingerprint density at radius 1 is 1.26 bits per heavy atom. The first-order chi connectivity index (χ1) is 8.92. The van der Waals surface area contributed by atoms with Gasteiger partial charge in [0.25, 0.3) is 0 Å². The van der Waals surface area contributed by atoms with Crippen LogP contribution in [0.3, 0.4) is 0 Å². The lowest BCUT2D eigenvalue weighted by molar-refractivity contribution is 0.580. The predicted molar refractivity (Wildman–Crippen MR) is 78.7 cm³/mol. The predicted octanol–water partition coefficient (Wildman–Crippen LogP) is 2.43. The van der Waals surface area contributed by atoms with Crippen molar-refractivity contribution in [1.29, 1.82) is 0 Å². The standard InChI is InChI=1S/C13H16N2O2S2/c1-9-5-6-12(14)10(2)13(9)19(16,17)15-8-11-4-3-7-18-11/h3-7,15H,8,14H2,1-2H3. The van der Waals surface area contributed by atoms with Crippen LogP contribution < -0.4 is 10.5 Å². The van der Waals surface area contributed by atoms with Gasteiger partial charge in [-0.05, 0) is 42.5 Å². The number of hydrogen-bond donors (Lipinski definition) is 2. The second-order valence-electron chi connectivity index (χ2n) is 4.33. The Balaban J connectivity index is 2.32. The number of nitrogens with two attached hydrogens (primary N) is 1. The second-order valence-corrected chi connectivity index (χ2v) is 7.07. The van der Waals surface area contributed by atoms with Gasteiger partial charge >= 0.3 is 0 Å². The average molecular weight is 296 g/mol. The molecular formula is C13H16N2O2S2. The van der Waals surface area contributed by atoms with Crippen molar-refractivity contribution in [3.05, 3.63) is 45.6 Å². The number of thiophene rings is 1. The third-order valence-corrected chi connectivity index (χ3v) is 5.50. The Kier molecular flexibility index (Phi) is 3.93. The highest BCUT2D eigenvalue weighted by Gasteiger charge is 2.20. The number of hydrogen-bond acceptors (Lipinski definition) is 4. The molecule has 0 amide bonds. The zero-order chi connectivity index (χ0) is 14.0. The van der Waals surface area contributed by atoms with E-state index in [9.17, 15) is 8.42 Å². The molecule has 4 nitrogen and oxygen atoms in total. The Morgan fingerprint density at radius 2 is 2.00 bits per heavy atom. The lowest BCUT2D eigenvalue weighted by atomic mass is 10.1. The van der Waals surface area contributed by atoms with E-state index >= 15 is 0 Å². The molecular weight excluding hydrogens is 280 g/mol. The van der Waals surface area contributed by atoms with Crippen molar-refractivity contribution in [2.45, 2.75) is 25.3 Å². The van der Waals surface area contributed by atoms with Gasteiger partial charge in [0.05, 0.1) is 4.90 Å². The van der Waals surface area contributed by atoms with Gasteiger partial charge in [-0.15, -0.1) is 11.3 Å². The summed E-state index contributed by atoms with van der Waals surface area (Å²) in [5.41, 5.74) is 7.57. The molecule has 0 saturated carbocycles. The molecule has 0 unspecified atom stereocenters. The van der Waals surface area contributed by atoms with Gasteiger partial charge in [0.1, 0.15) is 0 Å². The molecule has 0 aliphatic heterocycles. The Labute approximate surface area is 117 Å². The number of anilines is 1. The van der Waals surface area contributed by atoms with Crippen molar-refractivity contribution in [2.24, 2.45) is 0 Å². The van der Waals surface area contributed by atoms with Crippen molar-refractivity contribution >= 4 is 27.0 Å². The molecule has 1 heterocycles. The highest BCUT2D eigenvalue weighted by Crippen LogP contribution is 2.24. The minimum Gasteiger partial charge on any atom is -0.398 e. The monoisotopic (exact) mass is 296 g/mol. The van der Waals surface area contributed by atoms with Gasteiger partial charge < -0.3 is 5.73 Å². The van der Waals surface area contributed by atoms with Crippen LogP contribution in [0.2, 0.25) is 0 Å². The van der Waals surface area contributed by atoms with Gasteiger partial charge in [0.15, 0.2) is 0 Å². The van der Waals surface area contributed by atoms with Gasteiger partial charge in [-0.3, -0.25) is 0 Å². The van der Waals surface area contributed by atoms with Crippen LogP contribution in [0.25, 0.3) is 0 Å². The molecule has 2 aromatic rings. The molecule has 0 aliphatic carbocycles. The number of benzene rings is 1. The SMILES string of the molecule is Cc1ccc(N)c(C)c1S(=O)(=O)NCc1cccs1. The smallest absolute Gasteiger partial charge is 0.241 e. The van der Waals surface area contributed by atoms with Crippen LogP contribution in [0.15, 0.2) is 34.5 Å². The Morgan fingerprint density at radius 3 is 2.63 bits per heavy atom. The minimum atomic E-state index is -3.54. The molecule has 0 saturated heterocycles. The van der Waals surface area contributed by atoms with Gasteiger partial charge in [0, 0.05) is 17.1 Å². The van der Waals surface area contributed by atoms with E-state index in [1.165, 1.54) is 11.3 Å². The average Bonchev–Trinajstić information content (AvgIpc) is 2.85. The maximum absolute atomic E-state index is 12.4. The highest BCUT2D eigenvalue weighted by atomic mass is 32.2. The Hall–Kier alpha value is -1.37. The summed E-state index contributed by atoms with van der Waals surface area (Å²) in [6.07, 6.45) is 0. The van der Waals surface area contributed by atoms with E-state index in [0.717, 1.165) is 4.88 Å². The van der Waals surface area contributed by atoms with Crippen LogP contribution in [0, 0.1) is 13.8 Å². The first-order valence-electron chi connectivity index (χ1n) is 5.79. The zero-order valence-corrected chi connectivity index (χ0v) is 12.4. The first kappa shape index (κ1) is 14.0. The first-order valence-corrected chi connectivity index (χ1v) is 8.16. The number of rotatable bonds is 4. The molecule has 0 bridgehead atoms. The highest BCUT2D eigenvalue weighted by molar-refractivity contribution is 7.89. The summed E-state index contributed by atoms with van der Waals surface area (Å²) in [4.78, 5) is 1.26. The summed E-state index contributed by atoms with van der Waals surface area (Å²) in [6, 6.07) is 7.24. The van der Waals surface area contributed by atoms with Crippen LogP contribution >= 0.6 is 11.3 Å². The van der Waals surface area contributed by atoms with Gasteiger partial charge in [-0.25, -0.2) is 13.1 Å². The van der Waals surface area contributed by atoms with E-state index in [4.69, 9.17) is 5.73 Å². The normalized spacial score (nSPS) is 11.7. The fraction of sp³-hybridized carbons (Fsp3) is 0.231. The molecule has 0 fully saturated rings. The van der Waals surface area contributed by atoms with Crippen molar-refractivity contribution in [2.75, 3.05) is 5.73 Å². The zero-order valence-electron chi connectivity index (χ0n) is 10.8. The number of nitrogens with one attached hydrogen (secondary N) is 1. The van der Waals surface area contributed by atoms with Gasteiger partial charge in [-0.2, -0.15) is 0 Å². The summed E-state index contributed by atoms with van der Waals surface area (Å²) in [5.74, 6) is 0. The van der Waals surface area contributed by atoms with Crippen LogP contribution in [-0.2, 0) is 16.6 Å². The quantitative estimate of drug-likeness (QED) is 0.851. The summed E-state index contributed by atoms with van der Waals surface area (Å²) >= 11 is 1.52. The summed E-state index contributed by atoms with van der Waals surface area (Å²) in [7, 11) is -3.54. The number of aryl methyl sites for hydroxylation is 1. The molecule has 1 aromatic heterocycles. The Bertz CT molecular complexity index is 677. The molecule has 0 spiro atoms. The third-order valence-electron chi connectivity index (χ3n) is 2.93. The molecule has 19 heavy (non-hydrogen) atoms. The third kappa shape index (κ3) is 2.97. The molecule has 6 heteroatoms. The van der Waals surface area contributed by atoms with Gasteiger partial charge in [-0.1, -0.05) is 12.1 Å². The molecule has 1 aromatic carbocycles. The van der Waals surface area contributed by atoms with Crippen LogP contribution in [0.5, 0.6) is 0 Å².